The van der Waals surface area contributed by atoms with Crippen molar-refractivity contribution >= 4 is 17.7 Å². The number of esters is 1. The first kappa shape index (κ1) is 19.4. The molecule has 0 bridgehead atoms. The normalized spacial score (nSPS) is 15.4. The van der Waals surface area contributed by atoms with E-state index in [4.69, 9.17) is 4.74 Å². The Balaban J connectivity index is 1.60. The van der Waals surface area contributed by atoms with Gasteiger partial charge in [-0.3, -0.25) is 0 Å². The molecule has 1 N–H and O–H groups in total. The molecule has 0 aliphatic carbocycles. The number of benzene rings is 2. The molecule has 0 saturated carbocycles. The summed E-state index contributed by atoms with van der Waals surface area (Å²) in [6.45, 7) is 3.09. The Morgan fingerprint density at radius 2 is 1.75 bits per heavy atom. The molecule has 1 aliphatic heterocycles. The third-order valence-electron chi connectivity index (χ3n) is 5.09. The van der Waals surface area contributed by atoms with Crippen molar-refractivity contribution in [2.24, 2.45) is 0 Å². The smallest absolute Gasteiger partial charge is 0.338 e. The molecule has 28 heavy (non-hydrogen) atoms. The van der Waals surface area contributed by atoms with Gasteiger partial charge >= 0.3 is 12.0 Å². The van der Waals surface area contributed by atoms with Crippen molar-refractivity contribution in [3.63, 3.8) is 0 Å². The Labute approximate surface area is 164 Å². The van der Waals surface area contributed by atoms with Gasteiger partial charge in [-0.2, -0.15) is 5.26 Å². The minimum absolute atomic E-state index is 0.205. The van der Waals surface area contributed by atoms with Crippen molar-refractivity contribution in [1.29, 1.82) is 5.26 Å². The Morgan fingerprint density at radius 1 is 1.11 bits per heavy atom. The number of nitrogens with zero attached hydrogens (tertiary/aromatic N) is 2. The molecule has 0 unspecified atom stereocenters. The van der Waals surface area contributed by atoms with E-state index in [2.05, 4.69) is 11.4 Å². The van der Waals surface area contributed by atoms with Gasteiger partial charge in [0.05, 0.1) is 23.7 Å². The summed E-state index contributed by atoms with van der Waals surface area (Å²) in [6, 6.07) is 18.6. The van der Waals surface area contributed by atoms with Crippen LogP contribution in [-0.2, 0) is 10.2 Å². The van der Waals surface area contributed by atoms with E-state index in [1.54, 1.807) is 36.1 Å². The predicted octanol–water partition coefficient (Wildman–Crippen LogP) is 3.95. The molecule has 3 rings (SSSR count). The lowest BCUT2D eigenvalue weighted by Gasteiger charge is -2.37. The molecule has 1 heterocycles. The third kappa shape index (κ3) is 4.15. The lowest BCUT2D eigenvalue weighted by molar-refractivity contribution is 0.0526. The standard InChI is InChI=1S/C22H23N3O3/c1-2-28-20(26)17-8-10-19(11-9-17)24-21(27)25-14-12-22(16-23,13-15-25)18-6-4-3-5-7-18/h3-11H,2,12-15H2,1H3,(H,24,27). The van der Waals surface area contributed by atoms with Crippen molar-refractivity contribution < 1.29 is 14.3 Å². The summed E-state index contributed by atoms with van der Waals surface area (Å²) in [5, 5.41) is 12.6. The van der Waals surface area contributed by atoms with Crippen LogP contribution in [-0.4, -0.2) is 36.6 Å². The second-order valence-electron chi connectivity index (χ2n) is 6.77. The lowest BCUT2D eigenvalue weighted by atomic mass is 9.74. The highest BCUT2D eigenvalue weighted by atomic mass is 16.5. The monoisotopic (exact) mass is 377 g/mol. The Hall–Kier alpha value is -3.33. The van der Waals surface area contributed by atoms with E-state index in [-0.39, 0.29) is 12.0 Å². The van der Waals surface area contributed by atoms with Crippen molar-refractivity contribution in [1.82, 2.24) is 4.90 Å². The molecule has 1 aliphatic rings. The van der Waals surface area contributed by atoms with Gasteiger partial charge in [0.1, 0.15) is 0 Å². The first-order valence-corrected chi connectivity index (χ1v) is 9.38. The number of carbonyl (C=O) groups excluding carboxylic acids is 2. The highest BCUT2D eigenvalue weighted by Gasteiger charge is 2.37. The predicted molar refractivity (Wildman–Crippen MR) is 106 cm³/mol. The summed E-state index contributed by atoms with van der Waals surface area (Å²) in [6.07, 6.45) is 1.20. The molecule has 0 aromatic heterocycles. The van der Waals surface area contributed by atoms with Gasteiger partial charge < -0.3 is 15.0 Å². The number of hydrogen-bond acceptors (Lipinski definition) is 4. The van der Waals surface area contributed by atoms with Gasteiger partial charge in [-0.25, -0.2) is 9.59 Å². The van der Waals surface area contributed by atoms with E-state index in [1.807, 2.05) is 30.3 Å². The number of nitriles is 1. The van der Waals surface area contributed by atoms with Crippen LogP contribution in [0.4, 0.5) is 10.5 Å². The molecule has 144 valence electrons. The molecule has 1 fully saturated rings. The lowest BCUT2D eigenvalue weighted by Crippen LogP contribution is -2.46. The van der Waals surface area contributed by atoms with Crippen LogP contribution in [0.5, 0.6) is 0 Å². The van der Waals surface area contributed by atoms with Gasteiger partial charge in [-0.1, -0.05) is 30.3 Å². The summed E-state index contributed by atoms with van der Waals surface area (Å²) in [5.41, 5.74) is 1.52. The number of ether oxygens (including phenoxy) is 1. The SMILES string of the molecule is CCOC(=O)c1ccc(NC(=O)N2CCC(C#N)(c3ccccc3)CC2)cc1. The van der Waals surface area contributed by atoms with Crippen LogP contribution < -0.4 is 5.32 Å². The van der Waals surface area contributed by atoms with Crippen LogP contribution in [0.3, 0.4) is 0 Å². The van der Waals surface area contributed by atoms with Gasteiger partial charge in [0.25, 0.3) is 0 Å². The van der Waals surface area contributed by atoms with Gasteiger partial charge in [0, 0.05) is 18.8 Å². The number of likely N-dealkylation sites (tertiary alicyclic amines) is 1. The zero-order valence-corrected chi connectivity index (χ0v) is 15.9. The van der Waals surface area contributed by atoms with Crippen molar-refractivity contribution in [2.75, 3.05) is 25.0 Å². The van der Waals surface area contributed by atoms with Crippen molar-refractivity contribution in [3.8, 4) is 6.07 Å². The first-order chi connectivity index (χ1) is 13.6. The Morgan fingerprint density at radius 3 is 2.32 bits per heavy atom. The van der Waals surface area contributed by atoms with E-state index in [9.17, 15) is 14.9 Å². The molecule has 2 aromatic rings. The molecule has 6 heteroatoms. The molecule has 0 radical (unpaired) electrons. The number of piperidine rings is 1. The zero-order chi connectivity index (χ0) is 20.0. The second-order valence-corrected chi connectivity index (χ2v) is 6.77. The zero-order valence-electron chi connectivity index (χ0n) is 15.9. The summed E-state index contributed by atoms with van der Waals surface area (Å²) < 4.78 is 4.95. The number of nitrogens with one attached hydrogen (secondary N) is 1. The molecule has 0 atom stereocenters. The van der Waals surface area contributed by atoms with Crippen molar-refractivity contribution in [3.05, 3.63) is 65.7 Å². The number of amides is 2. The van der Waals surface area contributed by atoms with Crippen LogP contribution in [0.25, 0.3) is 0 Å². The fraction of sp³-hybridized carbons (Fsp3) is 0.318. The van der Waals surface area contributed by atoms with Gasteiger partial charge in [0.2, 0.25) is 0 Å². The van der Waals surface area contributed by atoms with Gasteiger partial charge in [-0.05, 0) is 49.6 Å². The maximum atomic E-state index is 12.6. The Bertz CT molecular complexity index is 864. The third-order valence-corrected chi connectivity index (χ3v) is 5.09. The van der Waals surface area contributed by atoms with Crippen LogP contribution in [0.15, 0.2) is 54.6 Å². The summed E-state index contributed by atoms with van der Waals surface area (Å²) in [7, 11) is 0. The highest BCUT2D eigenvalue weighted by molar-refractivity contribution is 5.92. The summed E-state index contributed by atoms with van der Waals surface area (Å²) in [5.74, 6) is -0.384. The highest BCUT2D eigenvalue weighted by Crippen LogP contribution is 2.35. The first-order valence-electron chi connectivity index (χ1n) is 9.38. The minimum Gasteiger partial charge on any atom is -0.462 e. The van der Waals surface area contributed by atoms with Crippen LogP contribution in [0.2, 0.25) is 0 Å². The second kappa shape index (κ2) is 8.57. The quantitative estimate of drug-likeness (QED) is 0.818. The Kier molecular flexibility index (Phi) is 5.95. The largest absolute Gasteiger partial charge is 0.462 e. The topological polar surface area (TPSA) is 82.4 Å². The molecule has 2 aromatic carbocycles. The number of hydrogen-bond donors (Lipinski definition) is 1. The average Bonchev–Trinajstić information content (AvgIpc) is 2.75. The number of rotatable bonds is 4. The molecule has 2 amide bonds. The fourth-order valence-electron chi connectivity index (χ4n) is 3.42. The molecule has 1 saturated heterocycles. The fourth-order valence-corrected chi connectivity index (χ4v) is 3.42. The van der Waals surface area contributed by atoms with E-state index in [0.717, 1.165) is 5.56 Å². The van der Waals surface area contributed by atoms with E-state index in [1.165, 1.54) is 0 Å². The van der Waals surface area contributed by atoms with Gasteiger partial charge in [-0.15, -0.1) is 0 Å². The van der Waals surface area contributed by atoms with Gasteiger partial charge in [0.15, 0.2) is 0 Å². The van der Waals surface area contributed by atoms with E-state index < -0.39 is 5.41 Å². The average molecular weight is 377 g/mol. The molecule has 6 nitrogen and oxygen atoms in total. The van der Waals surface area contributed by atoms with Crippen LogP contribution in [0.1, 0.15) is 35.7 Å². The molecular formula is C22H23N3O3. The van der Waals surface area contributed by atoms with Crippen LogP contribution >= 0.6 is 0 Å². The van der Waals surface area contributed by atoms with E-state index >= 15 is 0 Å². The van der Waals surface area contributed by atoms with Crippen LogP contribution in [0, 0.1) is 11.3 Å². The number of carbonyl (C=O) groups is 2. The number of anilines is 1. The maximum absolute atomic E-state index is 12.6. The van der Waals surface area contributed by atoms with Crippen molar-refractivity contribution in [2.45, 2.75) is 25.2 Å². The molecule has 0 spiro atoms. The molecular weight excluding hydrogens is 354 g/mol. The van der Waals surface area contributed by atoms with E-state index in [0.29, 0.717) is 43.8 Å². The summed E-state index contributed by atoms with van der Waals surface area (Å²) >= 11 is 0. The minimum atomic E-state index is -0.542. The maximum Gasteiger partial charge on any atom is 0.338 e. The number of urea groups is 1. The summed E-state index contributed by atoms with van der Waals surface area (Å²) in [4.78, 5) is 26.0.